The Morgan fingerprint density at radius 1 is 1.08 bits per heavy atom. The Balaban J connectivity index is 2.09. The molecule has 0 saturated heterocycles. The lowest BCUT2D eigenvalue weighted by atomic mass is 9.90. The van der Waals surface area contributed by atoms with Crippen molar-refractivity contribution in [2.75, 3.05) is 11.0 Å². The van der Waals surface area contributed by atoms with Crippen LogP contribution in [0.2, 0.25) is 0 Å². The number of hydrogen-bond acceptors (Lipinski definition) is 3. The smallest absolute Gasteiger partial charge is 0.229 e. The van der Waals surface area contributed by atoms with Crippen LogP contribution in [-0.4, -0.2) is 20.3 Å². The summed E-state index contributed by atoms with van der Waals surface area (Å²) in [6, 6.07) is 11.4. The molecule has 0 unspecified atom stereocenters. The van der Waals surface area contributed by atoms with Crippen LogP contribution in [0.1, 0.15) is 25.0 Å². The van der Waals surface area contributed by atoms with Crippen LogP contribution in [0.5, 0.6) is 5.75 Å². The van der Waals surface area contributed by atoms with E-state index < -0.39 is 15.6 Å². The molecule has 0 radical (unpaired) electrons. The third-order valence-electron chi connectivity index (χ3n) is 3.60. The first kappa shape index (κ1) is 16.5. The van der Waals surface area contributed by atoms with Crippen LogP contribution in [0.4, 0.5) is 10.1 Å². The van der Waals surface area contributed by atoms with E-state index in [2.05, 4.69) is 4.72 Å². The lowest BCUT2D eigenvalue weighted by Gasteiger charge is -2.31. The van der Waals surface area contributed by atoms with Crippen LogP contribution in [-0.2, 0) is 10.0 Å². The molecule has 1 aliphatic heterocycles. The minimum absolute atomic E-state index is 0.293. The van der Waals surface area contributed by atoms with Gasteiger partial charge in [0.1, 0.15) is 17.2 Å². The fraction of sp³-hybridized carbons (Fsp3) is 0.222. The van der Waals surface area contributed by atoms with Crippen molar-refractivity contribution in [3.63, 3.8) is 0 Å². The number of hydrogen-bond donors (Lipinski definition) is 1. The molecule has 1 N–H and O–H groups in total. The number of benzene rings is 2. The Morgan fingerprint density at radius 2 is 1.75 bits per heavy atom. The molecule has 0 aliphatic carbocycles. The molecule has 0 saturated carbocycles. The van der Waals surface area contributed by atoms with Gasteiger partial charge in [0.05, 0.1) is 11.9 Å². The SMILES string of the molecule is CC1(C)C=C(c2ccc(F)cc2)c2ccc(NS(C)(=O)=O)cc2O1. The van der Waals surface area contributed by atoms with Crippen molar-refractivity contribution in [3.8, 4) is 5.75 Å². The summed E-state index contributed by atoms with van der Waals surface area (Å²) in [7, 11) is -3.36. The predicted molar refractivity (Wildman–Crippen MR) is 93.1 cm³/mol. The van der Waals surface area contributed by atoms with Crippen molar-refractivity contribution in [2.24, 2.45) is 0 Å². The topological polar surface area (TPSA) is 55.4 Å². The number of rotatable bonds is 3. The summed E-state index contributed by atoms with van der Waals surface area (Å²) in [4.78, 5) is 0. The monoisotopic (exact) mass is 347 g/mol. The molecule has 1 heterocycles. The third-order valence-corrected chi connectivity index (χ3v) is 4.20. The molecule has 2 aromatic rings. The second-order valence-electron chi connectivity index (χ2n) is 6.36. The fourth-order valence-corrected chi connectivity index (χ4v) is 3.27. The van der Waals surface area contributed by atoms with E-state index in [-0.39, 0.29) is 5.82 Å². The van der Waals surface area contributed by atoms with Gasteiger partial charge in [-0.15, -0.1) is 0 Å². The van der Waals surface area contributed by atoms with Crippen LogP contribution >= 0.6 is 0 Å². The van der Waals surface area contributed by atoms with Gasteiger partial charge in [-0.05, 0) is 55.3 Å². The van der Waals surface area contributed by atoms with Gasteiger partial charge in [-0.3, -0.25) is 4.72 Å². The van der Waals surface area contributed by atoms with Crippen molar-refractivity contribution in [2.45, 2.75) is 19.4 Å². The number of nitrogens with one attached hydrogen (secondary N) is 1. The van der Waals surface area contributed by atoms with Crippen molar-refractivity contribution in [3.05, 3.63) is 65.5 Å². The van der Waals surface area contributed by atoms with Gasteiger partial charge in [0, 0.05) is 11.6 Å². The Morgan fingerprint density at radius 3 is 2.38 bits per heavy atom. The molecular weight excluding hydrogens is 329 g/mol. The molecule has 1 aliphatic rings. The first-order chi connectivity index (χ1) is 11.1. The lowest BCUT2D eigenvalue weighted by Crippen LogP contribution is -2.29. The first-order valence-electron chi connectivity index (χ1n) is 7.43. The molecule has 0 amide bonds. The van der Waals surface area contributed by atoms with Gasteiger partial charge in [-0.25, -0.2) is 12.8 Å². The molecule has 4 nitrogen and oxygen atoms in total. The lowest BCUT2D eigenvalue weighted by molar-refractivity contribution is 0.158. The molecule has 2 aromatic carbocycles. The van der Waals surface area contributed by atoms with Crippen molar-refractivity contribution in [1.29, 1.82) is 0 Å². The van der Waals surface area contributed by atoms with Crippen molar-refractivity contribution in [1.82, 2.24) is 0 Å². The van der Waals surface area contributed by atoms with Gasteiger partial charge in [0.15, 0.2) is 0 Å². The van der Waals surface area contributed by atoms with Gasteiger partial charge >= 0.3 is 0 Å². The summed E-state index contributed by atoms with van der Waals surface area (Å²) >= 11 is 0. The van der Waals surface area contributed by atoms with E-state index >= 15 is 0 Å². The third kappa shape index (κ3) is 3.59. The van der Waals surface area contributed by atoms with Crippen molar-refractivity contribution >= 4 is 21.3 Å². The summed E-state index contributed by atoms with van der Waals surface area (Å²) in [6.45, 7) is 3.83. The Bertz CT molecular complexity index is 916. The van der Waals surface area contributed by atoms with Crippen LogP contribution in [0.3, 0.4) is 0 Å². The van der Waals surface area contributed by atoms with Crippen LogP contribution < -0.4 is 9.46 Å². The van der Waals surface area contributed by atoms with Gasteiger partial charge in [0.25, 0.3) is 0 Å². The Labute approximate surface area is 141 Å². The Kier molecular flexibility index (Phi) is 3.87. The number of halogens is 1. The van der Waals surface area contributed by atoms with Gasteiger partial charge in [-0.1, -0.05) is 12.1 Å². The van der Waals surface area contributed by atoms with Crippen LogP contribution in [0.25, 0.3) is 5.57 Å². The quantitative estimate of drug-likeness (QED) is 0.919. The molecule has 0 aromatic heterocycles. The minimum atomic E-state index is -3.36. The highest BCUT2D eigenvalue weighted by Crippen LogP contribution is 2.40. The zero-order valence-corrected chi connectivity index (χ0v) is 14.4. The molecule has 0 bridgehead atoms. The molecule has 3 rings (SSSR count). The fourth-order valence-electron chi connectivity index (χ4n) is 2.71. The van der Waals surface area contributed by atoms with E-state index in [9.17, 15) is 12.8 Å². The van der Waals surface area contributed by atoms with E-state index in [0.29, 0.717) is 11.4 Å². The van der Waals surface area contributed by atoms with Crippen molar-refractivity contribution < 1.29 is 17.5 Å². The molecule has 6 heteroatoms. The minimum Gasteiger partial charge on any atom is -0.483 e. The summed E-state index contributed by atoms with van der Waals surface area (Å²) in [5.74, 6) is 0.286. The molecule has 0 spiro atoms. The van der Waals surface area contributed by atoms with E-state index in [1.165, 1.54) is 12.1 Å². The van der Waals surface area contributed by atoms with E-state index in [1.54, 1.807) is 30.3 Å². The summed E-state index contributed by atoms with van der Waals surface area (Å²) in [6.07, 6.45) is 3.08. The first-order valence-corrected chi connectivity index (χ1v) is 9.32. The predicted octanol–water partition coefficient (Wildman–Crippen LogP) is 3.80. The highest BCUT2D eigenvalue weighted by molar-refractivity contribution is 7.92. The average molecular weight is 347 g/mol. The maximum absolute atomic E-state index is 13.2. The largest absolute Gasteiger partial charge is 0.483 e. The molecule has 0 atom stereocenters. The van der Waals surface area contributed by atoms with E-state index in [4.69, 9.17) is 4.74 Å². The van der Waals surface area contributed by atoms with Crippen LogP contribution in [0, 0.1) is 5.82 Å². The average Bonchev–Trinajstić information content (AvgIpc) is 2.44. The van der Waals surface area contributed by atoms with E-state index in [0.717, 1.165) is 23.0 Å². The summed E-state index contributed by atoms with van der Waals surface area (Å²) in [5.41, 5.74) is 2.50. The molecule has 0 fully saturated rings. The molecular formula is C18H18FNO3S. The number of sulfonamides is 1. The highest BCUT2D eigenvalue weighted by atomic mass is 32.2. The molecule has 24 heavy (non-hydrogen) atoms. The van der Waals surface area contributed by atoms with Gasteiger partial charge in [0.2, 0.25) is 10.0 Å². The number of ether oxygens (including phenoxy) is 1. The second-order valence-corrected chi connectivity index (χ2v) is 8.10. The highest BCUT2D eigenvalue weighted by Gasteiger charge is 2.27. The zero-order valence-electron chi connectivity index (χ0n) is 13.6. The number of fused-ring (bicyclic) bond motifs is 1. The second kappa shape index (κ2) is 5.63. The van der Waals surface area contributed by atoms with E-state index in [1.807, 2.05) is 19.9 Å². The zero-order chi connectivity index (χ0) is 17.5. The summed E-state index contributed by atoms with van der Waals surface area (Å²) < 4.78 is 44.4. The summed E-state index contributed by atoms with van der Waals surface area (Å²) in [5, 5.41) is 0. The maximum atomic E-state index is 13.2. The number of anilines is 1. The standard InChI is InChI=1S/C18H18FNO3S/c1-18(2)11-16(12-4-6-13(19)7-5-12)15-9-8-14(10-17(15)23-18)20-24(3,21)22/h4-11,20H,1-3H3. The maximum Gasteiger partial charge on any atom is 0.229 e. The Hall–Kier alpha value is -2.34. The normalized spacial score (nSPS) is 15.9. The molecule has 126 valence electrons. The van der Waals surface area contributed by atoms with Gasteiger partial charge < -0.3 is 4.74 Å². The van der Waals surface area contributed by atoms with Crippen LogP contribution in [0.15, 0.2) is 48.5 Å². The van der Waals surface area contributed by atoms with Gasteiger partial charge in [-0.2, -0.15) is 0 Å².